The minimum absolute atomic E-state index is 0.0955. The lowest BCUT2D eigenvalue weighted by atomic mass is 10.1. The predicted octanol–water partition coefficient (Wildman–Crippen LogP) is 3.24. The maximum Gasteiger partial charge on any atom is 0.416 e. The second-order valence-electron chi connectivity index (χ2n) is 3.99. The summed E-state index contributed by atoms with van der Waals surface area (Å²) in [6.07, 6.45) is -4.51. The van der Waals surface area contributed by atoms with Gasteiger partial charge in [0.2, 0.25) is 5.13 Å². The van der Waals surface area contributed by atoms with Gasteiger partial charge in [0.25, 0.3) is 5.91 Å². The molecular formula is C12H11F3N4OS. The van der Waals surface area contributed by atoms with Crippen LogP contribution >= 0.6 is 11.3 Å². The molecule has 2 N–H and O–H groups in total. The van der Waals surface area contributed by atoms with Gasteiger partial charge in [0.05, 0.1) is 11.1 Å². The van der Waals surface area contributed by atoms with E-state index in [-0.39, 0.29) is 10.7 Å². The van der Waals surface area contributed by atoms with E-state index in [0.717, 1.165) is 23.5 Å². The Morgan fingerprint density at radius 2 is 2.14 bits per heavy atom. The van der Waals surface area contributed by atoms with Crippen LogP contribution in [-0.2, 0) is 6.18 Å². The lowest BCUT2D eigenvalue weighted by Gasteiger charge is -2.13. The first-order valence-corrected chi connectivity index (χ1v) is 6.82. The smallest absolute Gasteiger partial charge is 0.385 e. The van der Waals surface area contributed by atoms with Crippen LogP contribution in [0.2, 0.25) is 0 Å². The highest BCUT2D eigenvalue weighted by Crippen LogP contribution is 2.32. The Morgan fingerprint density at radius 1 is 1.38 bits per heavy atom. The first-order valence-electron chi connectivity index (χ1n) is 5.94. The largest absolute Gasteiger partial charge is 0.416 e. The van der Waals surface area contributed by atoms with E-state index in [4.69, 9.17) is 0 Å². The average Bonchev–Trinajstić information content (AvgIpc) is 2.91. The van der Waals surface area contributed by atoms with E-state index in [1.165, 1.54) is 11.6 Å². The van der Waals surface area contributed by atoms with Gasteiger partial charge in [-0.25, -0.2) is 0 Å². The minimum Gasteiger partial charge on any atom is -0.385 e. The van der Waals surface area contributed by atoms with Crippen molar-refractivity contribution in [2.75, 3.05) is 17.2 Å². The maximum absolute atomic E-state index is 12.8. The lowest BCUT2D eigenvalue weighted by molar-refractivity contribution is -0.137. The normalized spacial score (nSPS) is 11.2. The van der Waals surface area contributed by atoms with Crippen LogP contribution in [0.25, 0.3) is 0 Å². The van der Waals surface area contributed by atoms with Crippen molar-refractivity contribution >= 4 is 28.1 Å². The number of amides is 1. The highest BCUT2D eigenvalue weighted by molar-refractivity contribution is 7.13. The summed E-state index contributed by atoms with van der Waals surface area (Å²) in [5.41, 5.74) is 0.758. The van der Waals surface area contributed by atoms with Gasteiger partial charge < -0.3 is 5.32 Å². The number of nitrogens with one attached hydrogen (secondary N) is 2. The number of alkyl halides is 3. The van der Waals surface area contributed by atoms with E-state index < -0.39 is 17.6 Å². The van der Waals surface area contributed by atoms with E-state index in [9.17, 15) is 18.0 Å². The van der Waals surface area contributed by atoms with Gasteiger partial charge >= 0.3 is 6.18 Å². The fourth-order valence-corrected chi connectivity index (χ4v) is 2.09. The standard InChI is InChI=1S/C12H11F3N4OS/c1-2-16-9-4-3-7(12(13,14)15)5-8(9)10(20)18-11-19-17-6-21-11/h3-6,16H,2H2,1H3,(H,18,19,20). The van der Waals surface area contributed by atoms with Crippen LogP contribution in [0.4, 0.5) is 24.0 Å². The number of aromatic nitrogens is 2. The Kier molecular flexibility index (Phi) is 4.41. The van der Waals surface area contributed by atoms with Crippen molar-refractivity contribution in [1.82, 2.24) is 10.2 Å². The number of carbonyl (C=O) groups is 1. The SMILES string of the molecule is CCNc1ccc(C(F)(F)F)cc1C(=O)Nc1nncs1. The van der Waals surface area contributed by atoms with Crippen LogP contribution in [0.15, 0.2) is 23.7 Å². The van der Waals surface area contributed by atoms with Crippen molar-refractivity contribution < 1.29 is 18.0 Å². The summed E-state index contributed by atoms with van der Waals surface area (Å²) in [5.74, 6) is -0.672. The third kappa shape index (κ3) is 3.69. The third-order valence-corrected chi connectivity index (χ3v) is 3.15. The van der Waals surface area contributed by atoms with Crippen LogP contribution in [0.5, 0.6) is 0 Å². The molecule has 0 saturated heterocycles. The Hall–Kier alpha value is -2.16. The van der Waals surface area contributed by atoms with E-state index in [1.54, 1.807) is 6.92 Å². The molecule has 0 saturated carbocycles. The molecule has 0 bridgehead atoms. The van der Waals surface area contributed by atoms with E-state index in [2.05, 4.69) is 20.8 Å². The van der Waals surface area contributed by atoms with Crippen molar-refractivity contribution in [3.63, 3.8) is 0 Å². The quantitative estimate of drug-likeness (QED) is 0.909. The Balaban J connectivity index is 2.35. The highest BCUT2D eigenvalue weighted by Gasteiger charge is 2.31. The number of anilines is 2. The fraction of sp³-hybridized carbons (Fsp3) is 0.250. The summed E-state index contributed by atoms with van der Waals surface area (Å²) in [6.45, 7) is 2.26. The van der Waals surface area contributed by atoms with Crippen molar-refractivity contribution in [2.45, 2.75) is 13.1 Å². The summed E-state index contributed by atoms with van der Waals surface area (Å²) in [4.78, 5) is 12.1. The summed E-state index contributed by atoms with van der Waals surface area (Å²) >= 11 is 1.08. The molecule has 0 fully saturated rings. The molecule has 5 nitrogen and oxygen atoms in total. The average molecular weight is 316 g/mol. The Morgan fingerprint density at radius 3 is 2.71 bits per heavy atom. The van der Waals surface area contributed by atoms with Gasteiger partial charge in [-0.15, -0.1) is 10.2 Å². The van der Waals surface area contributed by atoms with Gasteiger partial charge in [-0.1, -0.05) is 11.3 Å². The molecule has 0 aliphatic rings. The molecule has 1 heterocycles. The lowest BCUT2D eigenvalue weighted by Crippen LogP contribution is -2.16. The van der Waals surface area contributed by atoms with Gasteiger partial charge in [0, 0.05) is 12.2 Å². The van der Waals surface area contributed by atoms with Gasteiger partial charge in [-0.05, 0) is 25.1 Å². The number of benzene rings is 1. The molecule has 21 heavy (non-hydrogen) atoms. The van der Waals surface area contributed by atoms with Crippen LogP contribution in [0, 0.1) is 0 Å². The monoisotopic (exact) mass is 316 g/mol. The Bertz CT molecular complexity index is 628. The maximum atomic E-state index is 12.8. The summed E-state index contributed by atoms with van der Waals surface area (Å²) in [5, 5.41) is 12.7. The van der Waals surface area contributed by atoms with E-state index in [0.29, 0.717) is 12.2 Å². The molecule has 2 rings (SSSR count). The summed E-state index contributed by atoms with van der Waals surface area (Å²) < 4.78 is 38.3. The fourth-order valence-electron chi connectivity index (χ4n) is 1.65. The number of carbonyl (C=O) groups excluding carboxylic acids is 1. The van der Waals surface area contributed by atoms with E-state index in [1.807, 2.05) is 0 Å². The van der Waals surface area contributed by atoms with Crippen LogP contribution in [0.3, 0.4) is 0 Å². The van der Waals surface area contributed by atoms with Gasteiger partial charge in [-0.2, -0.15) is 13.2 Å². The zero-order valence-corrected chi connectivity index (χ0v) is 11.7. The summed E-state index contributed by atoms with van der Waals surface area (Å²) in [7, 11) is 0. The van der Waals surface area contributed by atoms with Gasteiger partial charge in [0.15, 0.2) is 0 Å². The topological polar surface area (TPSA) is 66.9 Å². The summed E-state index contributed by atoms with van der Waals surface area (Å²) in [6, 6.07) is 2.98. The molecule has 0 spiro atoms. The van der Waals surface area contributed by atoms with Crippen molar-refractivity contribution in [3.8, 4) is 0 Å². The van der Waals surface area contributed by atoms with Crippen molar-refractivity contribution in [3.05, 3.63) is 34.8 Å². The molecule has 112 valence electrons. The first kappa shape index (κ1) is 15.2. The molecule has 0 unspecified atom stereocenters. The number of hydrogen-bond acceptors (Lipinski definition) is 5. The van der Waals surface area contributed by atoms with E-state index >= 15 is 0 Å². The van der Waals surface area contributed by atoms with Crippen LogP contribution in [-0.4, -0.2) is 22.6 Å². The number of hydrogen-bond donors (Lipinski definition) is 2. The van der Waals surface area contributed by atoms with Crippen LogP contribution in [0.1, 0.15) is 22.8 Å². The molecule has 1 amide bonds. The second-order valence-corrected chi connectivity index (χ2v) is 4.82. The third-order valence-electron chi connectivity index (χ3n) is 2.54. The molecule has 1 aromatic heterocycles. The van der Waals surface area contributed by atoms with Gasteiger partial charge in [-0.3, -0.25) is 10.1 Å². The molecule has 0 aliphatic carbocycles. The molecule has 0 radical (unpaired) electrons. The van der Waals surface area contributed by atoms with Crippen molar-refractivity contribution in [2.24, 2.45) is 0 Å². The molecule has 9 heteroatoms. The number of nitrogens with zero attached hydrogens (tertiary/aromatic N) is 2. The molecule has 1 aromatic carbocycles. The molecule has 2 aromatic rings. The van der Waals surface area contributed by atoms with Gasteiger partial charge in [0.1, 0.15) is 5.51 Å². The minimum atomic E-state index is -4.51. The zero-order chi connectivity index (χ0) is 15.5. The first-order chi connectivity index (χ1) is 9.91. The number of rotatable bonds is 4. The zero-order valence-electron chi connectivity index (χ0n) is 10.9. The second kappa shape index (κ2) is 6.08. The molecular weight excluding hydrogens is 305 g/mol. The Labute approximate surface area is 122 Å². The van der Waals surface area contributed by atoms with Crippen LogP contribution < -0.4 is 10.6 Å². The van der Waals surface area contributed by atoms with Crippen molar-refractivity contribution in [1.29, 1.82) is 0 Å². The molecule has 0 atom stereocenters. The highest BCUT2D eigenvalue weighted by atomic mass is 32.1. The molecule has 0 aliphatic heterocycles. The number of halogens is 3. The predicted molar refractivity (Wildman–Crippen MR) is 73.5 cm³/mol.